The van der Waals surface area contributed by atoms with Crippen LogP contribution in [0, 0.1) is 0 Å². The highest BCUT2D eigenvalue weighted by atomic mass is 16.5. The maximum absolute atomic E-state index is 13.6. The summed E-state index contributed by atoms with van der Waals surface area (Å²) in [5.74, 6) is 2.69. The summed E-state index contributed by atoms with van der Waals surface area (Å²) in [6.07, 6.45) is 0.0846. The third-order valence-electron chi connectivity index (χ3n) is 5.99. The summed E-state index contributed by atoms with van der Waals surface area (Å²) in [5, 5.41) is 0. The smallest absolute Gasteiger partial charge is 0.264 e. The van der Waals surface area contributed by atoms with E-state index in [1.165, 1.54) is 0 Å². The second-order valence-electron chi connectivity index (χ2n) is 7.94. The number of methoxy groups -OCH3 is 3. The summed E-state index contributed by atoms with van der Waals surface area (Å²) in [4.78, 5) is 15.5. The molecule has 1 aliphatic heterocycles. The molecule has 0 spiro atoms. The van der Waals surface area contributed by atoms with Crippen LogP contribution in [0.2, 0.25) is 0 Å². The van der Waals surface area contributed by atoms with E-state index < -0.39 is 6.10 Å². The molecule has 6 heteroatoms. The van der Waals surface area contributed by atoms with E-state index in [4.69, 9.17) is 18.9 Å². The van der Waals surface area contributed by atoms with Crippen LogP contribution >= 0.6 is 0 Å². The molecule has 0 saturated carbocycles. The van der Waals surface area contributed by atoms with Crippen LogP contribution in [0.5, 0.6) is 23.0 Å². The highest BCUT2D eigenvalue weighted by Gasteiger charge is 2.35. The molecule has 0 saturated heterocycles. The van der Waals surface area contributed by atoms with E-state index in [1.54, 1.807) is 28.3 Å². The molecule has 4 rings (SSSR count). The SMILES string of the molecule is COc1ccc([C@H]2c3cc(OC)c(OC)cc3CCN2C(=O)[C@H](C)Oc2ccccc2)cc1. The molecule has 172 valence electrons. The van der Waals surface area contributed by atoms with Gasteiger partial charge in [-0.1, -0.05) is 30.3 Å². The van der Waals surface area contributed by atoms with Crippen LogP contribution in [0.4, 0.5) is 0 Å². The predicted octanol–water partition coefficient (Wildman–Crippen LogP) is 4.65. The van der Waals surface area contributed by atoms with Crippen LogP contribution in [0.1, 0.15) is 29.7 Å². The minimum absolute atomic E-state index is 0.0693. The van der Waals surface area contributed by atoms with Crippen molar-refractivity contribution in [3.8, 4) is 23.0 Å². The highest BCUT2D eigenvalue weighted by molar-refractivity contribution is 5.82. The zero-order chi connectivity index (χ0) is 23.4. The summed E-state index contributed by atoms with van der Waals surface area (Å²) in [6, 6.07) is 20.9. The summed E-state index contributed by atoms with van der Waals surface area (Å²) in [5.41, 5.74) is 3.14. The molecule has 0 aromatic heterocycles. The lowest BCUT2D eigenvalue weighted by molar-refractivity contribution is -0.140. The Bertz CT molecular complexity index is 1100. The van der Waals surface area contributed by atoms with E-state index in [0.717, 1.165) is 22.4 Å². The number of amides is 1. The third kappa shape index (κ3) is 4.60. The van der Waals surface area contributed by atoms with Crippen LogP contribution in [-0.2, 0) is 11.2 Å². The fourth-order valence-corrected chi connectivity index (χ4v) is 4.32. The molecule has 0 unspecified atom stereocenters. The van der Waals surface area contributed by atoms with Gasteiger partial charge in [0.15, 0.2) is 17.6 Å². The van der Waals surface area contributed by atoms with Gasteiger partial charge in [0.05, 0.1) is 27.4 Å². The van der Waals surface area contributed by atoms with Crippen molar-refractivity contribution in [3.63, 3.8) is 0 Å². The second kappa shape index (κ2) is 9.86. The Hall–Kier alpha value is -3.67. The van der Waals surface area contributed by atoms with Crippen molar-refractivity contribution < 1.29 is 23.7 Å². The number of fused-ring (bicyclic) bond motifs is 1. The van der Waals surface area contributed by atoms with E-state index in [-0.39, 0.29) is 11.9 Å². The fourth-order valence-electron chi connectivity index (χ4n) is 4.32. The Labute approximate surface area is 194 Å². The van der Waals surface area contributed by atoms with Gasteiger partial charge in [-0.2, -0.15) is 0 Å². The minimum atomic E-state index is -0.630. The van der Waals surface area contributed by atoms with Crippen molar-refractivity contribution in [3.05, 3.63) is 83.4 Å². The van der Waals surface area contributed by atoms with Gasteiger partial charge in [-0.05, 0) is 66.4 Å². The summed E-state index contributed by atoms with van der Waals surface area (Å²) < 4.78 is 22.4. The van der Waals surface area contributed by atoms with E-state index in [0.29, 0.717) is 30.2 Å². The first-order valence-corrected chi connectivity index (χ1v) is 11.0. The fraction of sp³-hybridized carbons (Fsp3) is 0.296. The first kappa shape index (κ1) is 22.5. The molecule has 1 heterocycles. The average molecular weight is 448 g/mol. The highest BCUT2D eigenvalue weighted by Crippen LogP contribution is 2.41. The summed E-state index contributed by atoms with van der Waals surface area (Å²) in [6.45, 7) is 2.37. The maximum Gasteiger partial charge on any atom is 0.264 e. The normalized spacial score (nSPS) is 15.9. The molecule has 1 amide bonds. The number of ether oxygens (including phenoxy) is 4. The van der Waals surface area contributed by atoms with Gasteiger partial charge in [-0.3, -0.25) is 4.79 Å². The second-order valence-corrected chi connectivity index (χ2v) is 7.94. The van der Waals surface area contributed by atoms with Crippen LogP contribution in [0.25, 0.3) is 0 Å². The third-order valence-corrected chi connectivity index (χ3v) is 5.99. The van der Waals surface area contributed by atoms with E-state index in [9.17, 15) is 4.79 Å². The van der Waals surface area contributed by atoms with Crippen LogP contribution < -0.4 is 18.9 Å². The predicted molar refractivity (Wildman–Crippen MR) is 126 cm³/mol. The minimum Gasteiger partial charge on any atom is -0.497 e. The number of para-hydroxylation sites is 1. The quantitative estimate of drug-likeness (QED) is 0.528. The van der Waals surface area contributed by atoms with Crippen LogP contribution in [0.15, 0.2) is 66.7 Å². The molecule has 33 heavy (non-hydrogen) atoms. The Balaban J connectivity index is 1.73. The summed E-state index contributed by atoms with van der Waals surface area (Å²) in [7, 11) is 4.89. The molecule has 6 nitrogen and oxygen atoms in total. The molecule has 2 atom stereocenters. The Morgan fingerprint density at radius 1 is 0.879 bits per heavy atom. The van der Waals surface area contributed by atoms with Gasteiger partial charge < -0.3 is 23.8 Å². The van der Waals surface area contributed by atoms with Gasteiger partial charge in [-0.15, -0.1) is 0 Å². The number of rotatable bonds is 7. The number of hydrogen-bond acceptors (Lipinski definition) is 5. The van der Waals surface area contributed by atoms with Gasteiger partial charge in [0, 0.05) is 6.54 Å². The van der Waals surface area contributed by atoms with Crippen molar-refractivity contribution in [2.45, 2.75) is 25.5 Å². The van der Waals surface area contributed by atoms with E-state index in [1.807, 2.05) is 71.6 Å². The first-order valence-electron chi connectivity index (χ1n) is 11.0. The van der Waals surface area contributed by atoms with Gasteiger partial charge in [0.25, 0.3) is 5.91 Å². The van der Waals surface area contributed by atoms with Crippen LogP contribution in [-0.4, -0.2) is 44.8 Å². The van der Waals surface area contributed by atoms with Crippen molar-refractivity contribution in [1.82, 2.24) is 4.90 Å². The molecule has 0 N–H and O–H groups in total. The molecule has 0 aliphatic carbocycles. The lowest BCUT2D eigenvalue weighted by atomic mass is 9.87. The van der Waals surface area contributed by atoms with Crippen molar-refractivity contribution in [2.24, 2.45) is 0 Å². The molecular weight excluding hydrogens is 418 g/mol. The first-order chi connectivity index (χ1) is 16.0. The van der Waals surface area contributed by atoms with E-state index >= 15 is 0 Å². The number of carbonyl (C=O) groups is 1. The Morgan fingerprint density at radius 3 is 2.18 bits per heavy atom. The van der Waals surface area contributed by atoms with Gasteiger partial charge in [0.1, 0.15) is 11.5 Å². The molecule has 0 bridgehead atoms. The molecule has 1 aliphatic rings. The number of carbonyl (C=O) groups excluding carboxylic acids is 1. The van der Waals surface area contributed by atoms with Gasteiger partial charge in [-0.25, -0.2) is 0 Å². The number of nitrogens with zero attached hydrogens (tertiary/aromatic N) is 1. The topological polar surface area (TPSA) is 57.2 Å². The zero-order valence-electron chi connectivity index (χ0n) is 19.4. The Kier molecular flexibility index (Phi) is 6.73. The lowest BCUT2D eigenvalue weighted by Crippen LogP contribution is -2.46. The van der Waals surface area contributed by atoms with Crippen molar-refractivity contribution in [1.29, 1.82) is 0 Å². The number of benzene rings is 3. The largest absolute Gasteiger partial charge is 0.497 e. The molecule has 3 aromatic rings. The molecule has 0 fully saturated rings. The van der Waals surface area contributed by atoms with Crippen molar-refractivity contribution in [2.75, 3.05) is 27.9 Å². The maximum atomic E-state index is 13.6. The average Bonchev–Trinajstić information content (AvgIpc) is 2.87. The molecule has 3 aromatic carbocycles. The van der Waals surface area contributed by atoms with Gasteiger partial charge in [0.2, 0.25) is 0 Å². The van der Waals surface area contributed by atoms with Crippen molar-refractivity contribution >= 4 is 5.91 Å². The van der Waals surface area contributed by atoms with Crippen LogP contribution in [0.3, 0.4) is 0 Å². The lowest BCUT2D eigenvalue weighted by Gasteiger charge is -2.39. The molecule has 0 radical (unpaired) electrons. The summed E-state index contributed by atoms with van der Waals surface area (Å²) >= 11 is 0. The molecular formula is C27H29NO5. The standard InChI is InChI=1S/C27H29NO5/c1-18(33-22-8-6-5-7-9-22)27(29)28-15-14-20-16-24(31-3)25(32-4)17-23(20)26(28)19-10-12-21(30-2)13-11-19/h5-13,16-18,26H,14-15H2,1-4H3/t18-,26-/m0/s1. The number of hydrogen-bond donors (Lipinski definition) is 0. The monoisotopic (exact) mass is 447 g/mol. The Morgan fingerprint density at radius 2 is 1.55 bits per heavy atom. The zero-order valence-corrected chi connectivity index (χ0v) is 19.4. The van der Waals surface area contributed by atoms with Gasteiger partial charge >= 0.3 is 0 Å². The van der Waals surface area contributed by atoms with E-state index in [2.05, 4.69) is 0 Å².